The number of aryl methyl sites for hydroxylation is 2. The lowest BCUT2D eigenvalue weighted by atomic mass is 10.2. The van der Waals surface area contributed by atoms with Crippen LogP contribution in [0.2, 0.25) is 5.02 Å². The Hall–Kier alpha value is -1.39. The number of imidazole rings is 1. The van der Waals surface area contributed by atoms with Gasteiger partial charge in [0.25, 0.3) is 0 Å². The van der Waals surface area contributed by atoms with Crippen LogP contribution >= 0.6 is 22.9 Å². The predicted molar refractivity (Wildman–Crippen MR) is 72.9 cm³/mol. The Morgan fingerprint density at radius 2 is 2.11 bits per heavy atom. The topological polar surface area (TPSA) is 17.3 Å². The summed E-state index contributed by atoms with van der Waals surface area (Å²) in [5, 5.41) is 0.384. The lowest BCUT2D eigenvalue weighted by Crippen LogP contribution is -1.83. The molecule has 92 valence electrons. The van der Waals surface area contributed by atoms with E-state index in [-0.39, 0.29) is 5.82 Å². The molecule has 0 aliphatic carbocycles. The molecule has 0 aliphatic rings. The van der Waals surface area contributed by atoms with Gasteiger partial charge < -0.3 is 0 Å². The van der Waals surface area contributed by atoms with Crippen LogP contribution in [0.15, 0.2) is 24.4 Å². The highest BCUT2D eigenvalue weighted by Gasteiger charge is 2.12. The lowest BCUT2D eigenvalue weighted by molar-refractivity contribution is 0.628. The van der Waals surface area contributed by atoms with Crippen LogP contribution in [0.5, 0.6) is 0 Å². The van der Waals surface area contributed by atoms with Crippen molar-refractivity contribution in [1.82, 2.24) is 9.38 Å². The van der Waals surface area contributed by atoms with E-state index >= 15 is 0 Å². The highest BCUT2D eigenvalue weighted by atomic mass is 35.5. The van der Waals surface area contributed by atoms with Gasteiger partial charge in [0.1, 0.15) is 5.82 Å². The van der Waals surface area contributed by atoms with E-state index < -0.39 is 0 Å². The van der Waals surface area contributed by atoms with Crippen molar-refractivity contribution in [3.8, 4) is 11.3 Å². The summed E-state index contributed by atoms with van der Waals surface area (Å²) in [7, 11) is 0. The third-order valence-corrected chi connectivity index (χ3v) is 4.38. The summed E-state index contributed by atoms with van der Waals surface area (Å²) in [5.74, 6) is -0.336. The van der Waals surface area contributed by atoms with E-state index in [0.29, 0.717) is 5.02 Å². The van der Waals surface area contributed by atoms with E-state index in [4.69, 9.17) is 11.6 Å². The number of nitrogens with zero attached hydrogens (tertiary/aromatic N) is 2. The van der Waals surface area contributed by atoms with Gasteiger partial charge in [-0.2, -0.15) is 0 Å². The Morgan fingerprint density at radius 3 is 2.78 bits per heavy atom. The van der Waals surface area contributed by atoms with Crippen LogP contribution in [0, 0.1) is 19.7 Å². The second-order valence-electron chi connectivity index (χ2n) is 4.15. The quantitative estimate of drug-likeness (QED) is 0.643. The molecule has 0 unspecified atom stereocenters. The molecule has 0 spiro atoms. The van der Waals surface area contributed by atoms with E-state index in [1.54, 1.807) is 17.4 Å². The van der Waals surface area contributed by atoms with Gasteiger partial charge in [-0.15, -0.1) is 11.3 Å². The number of hydrogen-bond donors (Lipinski definition) is 0. The molecule has 0 saturated carbocycles. The molecule has 3 rings (SSSR count). The summed E-state index contributed by atoms with van der Waals surface area (Å²) in [6.45, 7) is 4.12. The molecule has 3 aromatic rings. The summed E-state index contributed by atoms with van der Waals surface area (Å²) in [6.07, 6.45) is 1.94. The molecule has 0 aliphatic heterocycles. The molecule has 0 radical (unpaired) electrons. The van der Waals surface area contributed by atoms with Crippen LogP contribution in [0.1, 0.15) is 10.6 Å². The molecule has 5 heteroatoms. The highest BCUT2D eigenvalue weighted by molar-refractivity contribution is 7.17. The first-order valence-corrected chi connectivity index (χ1v) is 6.66. The van der Waals surface area contributed by atoms with Gasteiger partial charge in [0.2, 0.25) is 0 Å². The van der Waals surface area contributed by atoms with Crippen molar-refractivity contribution >= 4 is 27.9 Å². The summed E-state index contributed by atoms with van der Waals surface area (Å²) in [5.41, 5.74) is 2.70. The minimum Gasteiger partial charge on any atom is -0.294 e. The fraction of sp³-hybridized carbons (Fsp3) is 0.154. The molecule has 2 heterocycles. The monoisotopic (exact) mass is 280 g/mol. The minimum atomic E-state index is -0.336. The number of aromatic nitrogens is 2. The Labute approximate surface area is 113 Å². The van der Waals surface area contributed by atoms with Crippen LogP contribution < -0.4 is 0 Å². The average molecular weight is 281 g/mol. The Balaban J connectivity index is 2.19. The predicted octanol–water partition coefficient (Wildman–Crippen LogP) is 4.47. The smallest absolute Gasteiger partial charge is 0.194 e. The summed E-state index contributed by atoms with van der Waals surface area (Å²) in [6, 6.07) is 4.36. The molecule has 2 aromatic heterocycles. The molecule has 2 nitrogen and oxygen atoms in total. The zero-order chi connectivity index (χ0) is 12.9. The van der Waals surface area contributed by atoms with Crippen molar-refractivity contribution < 1.29 is 4.39 Å². The number of halogens is 2. The van der Waals surface area contributed by atoms with Gasteiger partial charge in [-0.25, -0.2) is 9.37 Å². The molecule has 0 bridgehead atoms. The summed E-state index contributed by atoms with van der Waals surface area (Å²) >= 11 is 7.68. The van der Waals surface area contributed by atoms with Crippen molar-refractivity contribution in [2.24, 2.45) is 0 Å². The molecular formula is C13H10ClFN2S. The second-order valence-corrected chi connectivity index (χ2v) is 5.74. The van der Waals surface area contributed by atoms with Crippen molar-refractivity contribution in [2.75, 3.05) is 0 Å². The van der Waals surface area contributed by atoms with Gasteiger partial charge in [-0.05, 0) is 32.0 Å². The van der Waals surface area contributed by atoms with Crippen molar-refractivity contribution in [3.63, 3.8) is 0 Å². The maximum absolute atomic E-state index is 13.0. The number of rotatable bonds is 1. The van der Waals surface area contributed by atoms with Gasteiger partial charge in [0, 0.05) is 22.3 Å². The number of fused-ring (bicyclic) bond motifs is 1. The number of benzene rings is 1. The second kappa shape index (κ2) is 4.07. The molecule has 0 saturated heterocycles. The minimum absolute atomic E-state index is 0.336. The maximum atomic E-state index is 13.0. The number of thiazole rings is 1. The van der Waals surface area contributed by atoms with Crippen LogP contribution in [-0.2, 0) is 0 Å². The van der Waals surface area contributed by atoms with Gasteiger partial charge in [-0.1, -0.05) is 11.6 Å². The standard InChI is InChI=1S/C13H10ClFN2S/c1-7-8(2)18-13-16-12(6-17(7)13)10-4-3-9(15)5-11(10)14/h3-6H,1-2H3. The molecule has 18 heavy (non-hydrogen) atoms. The van der Waals surface area contributed by atoms with Crippen LogP contribution in [0.25, 0.3) is 16.2 Å². The third-order valence-electron chi connectivity index (χ3n) is 3.00. The van der Waals surface area contributed by atoms with E-state index in [9.17, 15) is 4.39 Å². The highest BCUT2D eigenvalue weighted by Crippen LogP contribution is 2.30. The Kier molecular flexibility index (Phi) is 2.64. The lowest BCUT2D eigenvalue weighted by Gasteiger charge is -2.00. The van der Waals surface area contributed by atoms with Gasteiger partial charge in [0.05, 0.1) is 10.7 Å². The maximum Gasteiger partial charge on any atom is 0.194 e. The molecule has 0 atom stereocenters. The van der Waals surface area contributed by atoms with Gasteiger partial charge in [0.15, 0.2) is 4.96 Å². The van der Waals surface area contributed by atoms with Crippen molar-refractivity contribution in [1.29, 1.82) is 0 Å². The zero-order valence-corrected chi connectivity index (χ0v) is 11.4. The number of hydrogen-bond acceptors (Lipinski definition) is 2. The first kappa shape index (κ1) is 11.7. The van der Waals surface area contributed by atoms with E-state index in [1.165, 1.54) is 22.7 Å². The fourth-order valence-electron chi connectivity index (χ4n) is 1.88. The van der Waals surface area contributed by atoms with E-state index in [1.807, 2.05) is 10.6 Å². The van der Waals surface area contributed by atoms with Crippen molar-refractivity contribution in [3.05, 3.63) is 45.8 Å². The molecule has 0 fully saturated rings. The third kappa shape index (κ3) is 1.72. The molecular weight excluding hydrogens is 271 g/mol. The van der Waals surface area contributed by atoms with Crippen molar-refractivity contribution in [2.45, 2.75) is 13.8 Å². The molecule has 0 N–H and O–H groups in total. The Morgan fingerprint density at radius 1 is 1.33 bits per heavy atom. The van der Waals surface area contributed by atoms with E-state index in [2.05, 4.69) is 18.8 Å². The zero-order valence-electron chi connectivity index (χ0n) is 9.87. The fourth-order valence-corrected chi connectivity index (χ4v) is 3.10. The molecule has 0 amide bonds. The normalized spacial score (nSPS) is 11.3. The summed E-state index contributed by atoms with van der Waals surface area (Å²) in [4.78, 5) is 6.71. The largest absolute Gasteiger partial charge is 0.294 e. The first-order valence-electron chi connectivity index (χ1n) is 5.47. The SMILES string of the molecule is Cc1sc2nc(-c3ccc(F)cc3Cl)cn2c1C. The average Bonchev–Trinajstić information content (AvgIpc) is 2.81. The molecule has 1 aromatic carbocycles. The summed E-state index contributed by atoms with van der Waals surface area (Å²) < 4.78 is 15.1. The van der Waals surface area contributed by atoms with E-state index in [0.717, 1.165) is 16.2 Å². The van der Waals surface area contributed by atoms with Gasteiger partial charge >= 0.3 is 0 Å². The van der Waals surface area contributed by atoms with Gasteiger partial charge in [-0.3, -0.25) is 4.40 Å². The first-order chi connectivity index (χ1) is 8.56. The van der Waals surface area contributed by atoms with Crippen LogP contribution in [-0.4, -0.2) is 9.38 Å². The van der Waals surface area contributed by atoms with Crippen LogP contribution in [0.3, 0.4) is 0 Å². The Bertz CT molecular complexity index is 745. The van der Waals surface area contributed by atoms with Crippen LogP contribution in [0.4, 0.5) is 4.39 Å².